The van der Waals surface area contributed by atoms with Gasteiger partial charge in [-0.05, 0) is 49.2 Å². The predicted molar refractivity (Wildman–Crippen MR) is 119 cm³/mol. The number of unbranched alkanes of at least 4 members (excludes halogenated alkanes) is 1. The molecule has 0 fully saturated rings. The topological polar surface area (TPSA) is 0 Å². The van der Waals surface area contributed by atoms with Gasteiger partial charge in [0.15, 0.2) is 0 Å². The molecule has 0 saturated carbocycles. The van der Waals surface area contributed by atoms with Crippen LogP contribution in [0.25, 0.3) is 0 Å². The van der Waals surface area contributed by atoms with Crippen molar-refractivity contribution in [2.45, 2.75) is 12.8 Å². The van der Waals surface area contributed by atoms with Crippen molar-refractivity contribution in [2.24, 2.45) is 0 Å². The van der Waals surface area contributed by atoms with E-state index in [0.29, 0.717) is 0 Å². The van der Waals surface area contributed by atoms with E-state index in [1.54, 1.807) is 0 Å². The largest absolute Gasteiger partial charge is 0.127 e. The Labute approximate surface area is 162 Å². The molecular formula is C24H25ClP+. The Morgan fingerprint density at radius 1 is 0.615 bits per heavy atom. The molecule has 0 amide bonds. The zero-order valence-corrected chi connectivity index (χ0v) is 16.6. The molecule has 0 aliphatic heterocycles. The van der Waals surface area contributed by atoms with Crippen molar-refractivity contribution in [1.29, 1.82) is 0 Å². The Morgan fingerprint density at radius 2 is 1.04 bits per heavy atom. The third-order valence-electron chi connectivity index (χ3n) is 4.64. The summed E-state index contributed by atoms with van der Waals surface area (Å²) >= 11 is 5.83. The molecule has 132 valence electrons. The third kappa shape index (κ3) is 4.26. The van der Waals surface area contributed by atoms with Gasteiger partial charge in [-0.3, -0.25) is 0 Å². The molecule has 3 aromatic carbocycles. The van der Waals surface area contributed by atoms with Crippen LogP contribution in [-0.2, 0) is 0 Å². The van der Waals surface area contributed by atoms with E-state index >= 15 is 0 Å². The maximum atomic E-state index is 5.83. The lowest BCUT2D eigenvalue weighted by Crippen LogP contribution is -2.32. The standard InChI is InChI=1S/C24H25ClP/c25-20-12-1-2-13-21-26(22-14-6-3-7-15-22,23-16-8-4-9-17-23)24-18-10-5-11-19-24/h2-11,13-19H,1,12,20-21H2/q+1. The lowest BCUT2D eigenvalue weighted by Gasteiger charge is -2.26. The smallest absolute Gasteiger partial charge is 0.115 e. The first-order valence-electron chi connectivity index (χ1n) is 9.14. The Hall–Kier alpha value is -1.88. The molecular weight excluding hydrogens is 355 g/mol. The van der Waals surface area contributed by atoms with E-state index in [0.717, 1.165) is 24.9 Å². The van der Waals surface area contributed by atoms with E-state index in [1.165, 1.54) is 15.9 Å². The molecule has 26 heavy (non-hydrogen) atoms. The van der Waals surface area contributed by atoms with Gasteiger partial charge in [0.1, 0.15) is 23.2 Å². The lowest BCUT2D eigenvalue weighted by molar-refractivity contribution is 0.965. The Morgan fingerprint density at radius 3 is 1.42 bits per heavy atom. The van der Waals surface area contributed by atoms with Crippen molar-refractivity contribution < 1.29 is 0 Å². The van der Waals surface area contributed by atoms with Crippen LogP contribution in [0.5, 0.6) is 0 Å². The summed E-state index contributed by atoms with van der Waals surface area (Å²) in [4.78, 5) is 0. The fourth-order valence-electron chi connectivity index (χ4n) is 3.36. The van der Waals surface area contributed by atoms with Crippen molar-refractivity contribution in [1.82, 2.24) is 0 Å². The van der Waals surface area contributed by atoms with E-state index in [1.807, 2.05) is 0 Å². The Balaban J connectivity index is 2.13. The molecule has 0 N–H and O–H groups in total. The molecule has 0 nitrogen and oxygen atoms in total. The Bertz CT molecular complexity index is 701. The fourth-order valence-corrected chi connectivity index (χ4v) is 7.55. The molecule has 0 aliphatic rings. The van der Waals surface area contributed by atoms with Gasteiger partial charge in [0, 0.05) is 5.88 Å². The highest BCUT2D eigenvalue weighted by molar-refractivity contribution is 7.95. The number of benzene rings is 3. The average Bonchev–Trinajstić information content (AvgIpc) is 2.73. The summed E-state index contributed by atoms with van der Waals surface area (Å²) in [6.45, 7) is 0. The van der Waals surface area contributed by atoms with Crippen LogP contribution >= 0.6 is 18.9 Å². The SMILES string of the molecule is ClCCCC=CC[P+](c1ccccc1)(c1ccccc1)c1ccccc1. The van der Waals surface area contributed by atoms with E-state index in [4.69, 9.17) is 11.6 Å². The summed E-state index contributed by atoms with van der Waals surface area (Å²) in [7, 11) is -1.72. The number of halogens is 1. The van der Waals surface area contributed by atoms with Gasteiger partial charge in [-0.15, -0.1) is 11.6 Å². The van der Waals surface area contributed by atoms with Crippen LogP contribution in [0.2, 0.25) is 0 Å². The van der Waals surface area contributed by atoms with Gasteiger partial charge in [-0.25, -0.2) is 0 Å². The first-order valence-corrected chi connectivity index (χ1v) is 11.6. The number of alkyl halides is 1. The molecule has 0 aromatic heterocycles. The summed E-state index contributed by atoms with van der Waals surface area (Å²) in [5.41, 5.74) is 0. The molecule has 0 bridgehead atoms. The number of hydrogen-bond donors (Lipinski definition) is 0. The van der Waals surface area contributed by atoms with Crippen LogP contribution in [0, 0.1) is 0 Å². The second kappa shape index (κ2) is 9.72. The number of rotatable bonds is 8. The van der Waals surface area contributed by atoms with Gasteiger partial charge in [0.05, 0.1) is 6.16 Å². The quantitative estimate of drug-likeness (QED) is 0.208. The Kier molecular flexibility index (Phi) is 7.06. The van der Waals surface area contributed by atoms with Gasteiger partial charge < -0.3 is 0 Å². The molecule has 0 unspecified atom stereocenters. The van der Waals surface area contributed by atoms with Crippen molar-refractivity contribution in [3.63, 3.8) is 0 Å². The minimum Gasteiger partial charge on any atom is -0.127 e. The van der Waals surface area contributed by atoms with Crippen molar-refractivity contribution in [3.05, 3.63) is 103 Å². The van der Waals surface area contributed by atoms with Crippen LogP contribution in [-0.4, -0.2) is 12.0 Å². The van der Waals surface area contributed by atoms with Gasteiger partial charge in [0.25, 0.3) is 0 Å². The van der Waals surface area contributed by atoms with Crippen LogP contribution in [0.1, 0.15) is 12.8 Å². The van der Waals surface area contributed by atoms with E-state index in [-0.39, 0.29) is 0 Å². The number of allylic oxidation sites excluding steroid dienone is 2. The van der Waals surface area contributed by atoms with Crippen LogP contribution in [0.3, 0.4) is 0 Å². The first kappa shape index (κ1) is 18.9. The number of hydrogen-bond acceptors (Lipinski definition) is 0. The van der Waals surface area contributed by atoms with Gasteiger partial charge in [-0.1, -0.05) is 66.7 Å². The maximum Gasteiger partial charge on any atom is 0.115 e. The van der Waals surface area contributed by atoms with E-state index < -0.39 is 7.26 Å². The molecule has 3 aromatic rings. The summed E-state index contributed by atoms with van der Waals surface area (Å²) in [6, 6.07) is 33.0. The maximum absolute atomic E-state index is 5.83. The van der Waals surface area contributed by atoms with Crippen LogP contribution in [0.15, 0.2) is 103 Å². The summed E-state index contributed by atoms with van der Waals surface area (Å²) in [5, 5.41) is 4.29. The van der Waals surface area contributed by atoms with Gasteiger partial charge in [0.2, 0.25) is 0 Å². The monoisotopic (exact) mass is 379 g/mol. The highest BCUT2D eigenvalue weighted by Crippen LogP contribution is 2.55. The van der Waals surface area contributed by atoms with Crippen molar-refractivity contribution in [3.8, 4) is 0 Å². The van der Waals surface area contributed by atoms with Crippen LogP contribution < -0.4 is 15.9 Å². The second-order valence-electron chi connectivity index (χ2n) is 6.30. The molecule has 0 radical (unpaired) electrons. The second-order valence-corrected chi connectivity index (χ2v) is 10.2. The minimum atomic E-state index is -1.72. The van der Waals surface area contributed by atoms with Crippen LogP contribution in [0.4, 0.5) is 0 Å². The highest BCUT2D eigenvalue weighted by atomic mass is 35.5. The van der Waals surface area contributed by atoms with E-state index in [2.05, 4.69) is 103 Å². The van der Waals surface area contributed by atoms with Crippen molar-refractivity contribution in [2.75, 3.05) is 12.0 Å². The first-order chi connectivity index (χ1) is 12.9. The van der Waals surface area contributed by atoms with Gasteiger partial charge in [-0.2, -0.15) is 0 Å². The normalized spacial score (nSPS) is 11.7. The highest BCUT2D eigenvalue weighted by Gasteiger charge is 2.43. The molecule has 2 heteroatoms. The third-order valence-corrected chi connectivity index (χ3v) is 9.21. The lowest BCUT2D eigenvalue weighted by atomic mass is 10.3. The summed E-state index contributed by atoms with van der Waals surface area (Å²) in [5.74, 6) is 0.723. The minimum absolute atomic E-state index is 0.723. The predicted octanol–water partition coefficient (Wildman–Crippen LogP) is 5.56. The fraction of sp³-hybridized carbons (Fsp3) is 0.167. The molecule has 0 spiro atoms. The molecule has 3 rings (SSSR count). The zero-order chi connectivity index (χ0) is 18.1. The molecule has 0 saturated heterocycles. The molecule has 0 aliphatic carbocycles. The van der Waals surface area contributed by atoms with Gasteiger partial charge >= 0.3 is 0 Å². The molecule has 0 heterocycles. The zero-order valence-electron chi connectivity index (χ0n) is 15.0. The summed E-state index contributed by atoms with van der Waals surface area (Å²) in [6.07, 6.45) is 7.78. The van der Waals surface area contributed by atoms with Crippen molar-refractivity contribution >= 4 is 34.8 Å². The molecule has 0 atom stereocenters. The van der Waals surface area contributed by atoms with E-state index in [9.17, 15) is 0 Å². The summed E-state index contributed by atoms with van der Waals surface area (Å²) < 4.78 is 0. The average molecular weight is 380 g/mol.